The third kappa shape index (κ3) is 4.43. The number of nitrogens with zero attached hydrogens (tertiary/aromatic N) is 2. The fourth-order valence-corrected chi connectivity index (χ4v) is 3.58. The summed E-state index contributed by atoms with van der Waals surface area (Å²) in [5.74, 6) is 1.17. The first-order valence-electron chi connectivity index (χ1n) is 8.59. The van der Waals surface area contributed by atoms with Crippen molar-refractivity contribution in [3.63, 3.8) is 0 Å². The van der Waals surface area contributed by atoms with Gasteiger partial charge < -0.3 is 14.8 Å². The van der Waals surface area contributed by atoms with Crippen LogP contribution in [0.15, 0.2) is 42.6 Å². The smallest absolute Gasteiger partial charge is 0.263 e. The third-order valence-electron chi connectivity index (χ3n) is 3.90. The van der Waals surface area contributed by atoms with E-state index in [-0.39, 0.29) is 5.91 Å². The van der Waals surface area contributed by atoms with Crippen LogP contribution in [0, 0.1) is 6.92 Å². The number of pyridine rings is 1. The van der Waals surface area contributed by atoms with Crippen molar-refractivity contribution in [3.05, 3.63) is 58.7 Å². The zero-order valence-electron chi connectivity index (χ0n) is 15.5. The highest BCUT2D eigenvalue weighted by atomic mass is 32.1. The number of aromatic nitrogens is 2. The van der Waals surface area contributed by atoms with E-state index in [2.05, 4.69) is 15.3 Å². The molecule has 1 amide bonds. The number of benzene rings is 1. The lowest BCUT2D eigenvalue weighted by molar-refractivity contribution is 0.0954. The maximum absolute atomic E-state index is 12.6. The van der Waals surface area contributed by atoms with Gasteiger partial charge in [-0.2, -0.15) is 0 Å². The number of nitrogens with one attached hydrogen (secondary N) is 1. The van der Waals surface area contributed by atoms with Gasteiger partial charge in [0.15, 0.2) is 0 Å². The van der Waals surface area contributed by atoms with E-state index >= 15 is 0 Å². The van der Waals surface area contributed by atoms with Crippen LogP contribution in [0.2, 0.25) is 0 Å². The van der Waals surface area contributed by atoms with Crippen LogP contribution >= 0.6 is 11.3 Å². The summed E-state index contributed by atoms with van der Waals surface area (Å²) < 4.78 is 10.7. The summed E-state index contributed by atoms with van der Waals surface area (Å²) in [5.41, 5.74) is 2.49. The van der Waals surface area contributed by atoms with Crippen molar-refractivity contribution < 1.29 is 14.3 Å². The maximum Gasteiger partial charge on any atom is 0.263 e. The highest BCUT2D eigenvalue weighted by Gasteiger charge is 2.17. The van der Waals surface area contributed by atoms with Crippen molar-refractivity contribution in [3.8, 4) is 22.2 Å². The Morgan fingerprint density at radius 1 is 1.22 bits per heavy atom. The number of hydrogen-bond acceptors (Lipinski definition) is 6. The summed E-state index contributed by atoms with van der Waals surface area (Å²) in [6.45, 7) is 4.76. The second-order valence-electron chi connectivity index (χ2n) is 5.75. The van der Waals surface area contributed by atoms with E-state index in [0.29, 0.717) is 29.6 Å². The molecule has 0 unspecified atom stereocenters. The molecule has 1 N–H and O–H groups in total. The van der Waals surface area contributed by atoms with Gasteiger partial charge in [0.25, 0.3) is 5.91 Å². The number of carbonyl (C=O) groups excluding carboxylic acids is 1. The number of hydrogen-bond donors (Lipinski definition) is 1. The van der Waals surface area contributed by atoms with E-state index < -0.39 is 0 Å². The van der Waals surface area contributed by atoms with Gasteiger partial charge in [-0.1, -0.05) is 6.07 Å². The molecule has 0 radical (unpaired) electrons. The molecule has 0 atom stereocenters. The van der Waals surface area contributed by atoms with E-state index in [1.54, 1.807) is 13.3 Å². The summed E-state index contributed by atoms with van der Waals surface area (Å²) in [6, 6.07) is 11.4. The molecule has 2 aromatic heterocycles. The maximum atomic E-state index is 12.6. The van der Waals surface area contributed by atoms with Crippen molar-refractivity contribution in [2.75, 3.05) is 13.7 Å². The minimum absolute atomic E-state index is 0.159. The standard InChI is InChI=1S/C20H21N3O3S/c1-4-26-16-9-7-14(8-10-16)20-23-13(2)17(27-20)18(24)22-12-15-6-5-11-21-19(15)25-3/h5-11H,4,12H2,1-3H3,(H,22,24). The van der Waals surface area contributed by atoms with Crippen LogP contribution in [0.1, 0.15) is 27.9 Å². The highest BCUT2D eigenvalue weighted by Crippen LogP contribution is 2.29. The van der Waals surface area contributed by atoms with Crippen molar-refractivity contribution in [1.82, 2.24) is 15.3 Å². The lowest BCUT2D eigenvalue weighted by atomic mass is 10.2. The quantitative estimate of drug-likeness (QED) is 0.671. The number of carbonyl (C=O) groups is 1. The van der Waals surface area contributed by atoms with E-state index in [4.69, 9.17) is 9.47 Å². The molecule has 3 aromatic rings. The zero-order chi connectivity index (χ0) is 19.2. The van der Waals surface area contributed by atoms with Crippen molar-refractivity contribution in [2.45, 2.75) is 20.4 Å². The monoisotopic (exact) mass is 383 g/mol. The Labute approximate surface area is 162 Å². The number of rotatable bonds is 7. The number of ether oxygens (including phenoxy) is 2. The molecule has 140 valence electrons. The Bertz CT molecular complexity index is 922. The van der Waals surface area contributed by atoms with Crippen molar-refractivity contribution >= 4 is 17.2 Å². The van der Waals surface area contributed by atoms with Gasteiger partial charge >= 0.3 is 0 Å². The molecule has 6 nitrogen and oxygen atoms in total. The molecule has 0 saturated heterocycles. The molecule has 1 aromatic carbocycles. The Hall–Kier alpha value is -2.93. The molecule has 3 rings (SSSR count). The summed E-state index contributed by atoms with van der Waals surface area (Å²) in [6.07, 6.45) is 1.65. The van der Waals surface area contributed by atoms with Crippen molar-refractivity contribution in [2.24, 2.45) is 0 Å². The molecule has 7 heteroatoms. The minimum Gasteiger partial charge on any atom is -0.494 e. The van der Waals surface area contributed by atoms with E-state index in [1.165, 1.54) is 11.3 Å². The minimum atomic E-state index is -0.159. The highest BCUT2D eigenvalue weighted by molar-refractivity contribution is 7.17. The lowest BCUT2D eigenvalue weighted by Gasteiger charge is -2.07. The van der Waals surface area contributed by atoms with Crippen LogP contribution in [-0.4, -0.2) is 29.6 Å². The molecule has 0 aliphatic rings. The van der Waals surface area contributed by atoms with E-state index in [1.807, 2.05) is 50.2 Å². The first-order valence-corrected chi connectivity index (χ1v) is 9.40. The summed E-state index contributed by atoms with van der Waals surface area (Å²) in [7, 11) is 1.56. The molecular weight excluding hydrogens is 362 g/mol. The Balaban J connectivity index is 1.72. The topological polar surface area (TPSA) is 73.3 Å². The number of methoxy groups -OCH3 is 1. The molecular formula is C20H21N3O3S. The Kier molecular flexibility index (Phi) is 6.03. The predicted molar refractivity (Wildman–Crippen MR) is 105 cm³/mol. The molecule has 0 aliphatic carbocycles. The van der Waals surface area contributed by atoms with Gasteiger partial charge in [-0.25, -0.2) is 9.97 Å². The lowest BCUT2D eigenvalue weighted by Crippen LogP contribution is -2.23. The van der Waals surface area contributed by atoms with Gasteiger partial charge in [0.1, 0.15) is 15.6 Å². The van der Waals surface area contributed by atoms with Crippen LogP contribution in [0.5, 0.6) is 11.6 Å². The molecule has 2 heterocycles. The Morgan fingerprint density at radius 2 is 2.00 bits per heavy atom. The van der Waals surface area contributed by atoms with Crippen LogP contribution in [-0.2, 0) is 6.54 Å². The summed E-state index contributed by atoms with van der Waals surface area (Å²) in [4.78, 5) is 21.9. The normalized spacial score (nSPS) is 10.5. The second-order valence-corrected chi connectivity index (χ2v) is 6.74. The number of aryl methyl sites for hydroxylation is 1. The average molecular weight is 383 g/mol. The van der Waals surface area contributed by atoms with Crippen LogP contribution < -0.4 is 14.8 Å². The van der Waals surface area contributed by atoms with Crippen molar-refractivity contribution in [1.29, 1.82) is 0 Å². The fourth-order valence-electron chi connectivity index (χ4n) is 2.59. The van der Waals surface area contributed by atoms with Gasteiger partial charge in [-0.15, -0.1) is 11.3 Å². The largest absolute Gasteiger partial charge is 0.494 e. The fraction of sp³-hybridized carbons (Fsp3) is 0.250. The Morgan fingerprint density at radius 3 is 2.70 bits per heavy atom. The SMILES string of the molecule is CCOc1ccc(-c2nc(C)c(C(=O)NCc3cccnc3OC)s2)cc1. The molecule has 0 bridgehead atoms. The molecule has 0 saturated carbocycles. The second kappa shape index (κ2) is 8.64. The van der Waals surface area contributed by atoms with Gasteiger partial charge in [-0.05, 0) is 44.2 Å². The van der Waals surface area contributed by atoms with Crippen LogP contribution in [0.4, 0.5) is 0 Å². The first kappa shape index (κ1) is 18.8. The summed E-state index contributed by atoms with van der Waals surface area (Å²) >= 11 is 1.37. The van der Waals surface area contributed by atoms with Gasteiger partial charge in [-0.3, -0.25) is 4.79 Å². The van der Waals surface area contributed by atoms with Gasteiger partial charge in [0.2, 0.25) is 5.88 Å². The first-order chi connectivity index (χ1) is 13.1. The number of thiazole rings is 1. The molecule has 27 heavy (non-hydrogen) atoms. The third-order valence-corrected chi connectivity index (χ3v) is 5.10. The number of amides is 1. The van der Waals surface area contributed by atoms with Crippen LogP contribution in [0.3, 0.4) is 0 Å². The molecule has 0 spiro atoms. The van der Waals surface area contributed by atoms with Gasteiger partial charge in [0, 0.05) is 23.9 Å². The van der Waals surface area contributed by atoms with Gasteiger partial charge in [0.05, 0.1) is 19.4 Å². The molecule has 0 aliphatic heterocycles. The van der Waals surface area contributed by atoms with E-state index in [0.717, 1.165) is 21.9 Å². The summed E-state index contributed by atoms with van der Waals surface area (Å²) in [5, 5.41) is 3.72. The average Bonchev–Trinajstić information content (AvgIpc) is 3.09. The van der Waals surface area contributed by atoms with Crippen LogP contribution in [0.25, 0.3) is 10.6 Å². The van der Waals surface area contributed by atoms with E-state index in [9.17, 15) is 4.79 Å². The zero-order valence-corrected chi connectivity index (χ0v) is 16.3. The predicted octanol–water partition coefficient (Wildman–Crippen LogP) is 3.85. The molecule has 0 fully saturated rings.